The van der Waals surface area contributed by atoms with Crippen LogP contribution >= 0.6 is 0 Å². The molecule has 3 N–H and O–H groups in total. The molecule has 6 aliphatic heterocycles. The number of nitrogens with one attached hydrogen (secondary N) is 1. The number of urea groups is 1. The summed E-state index contributed by atoms with van der Waals surface area (Å²) in [7, 11) is 0. The van der Waals surface area contributed by atoms with Gasteiger partial charge in [-0.2, -0.15) is 10.1 Å². The molecule has 0 aromatic carbocycles. The molecule has 0 aromatic rings. The number of hydrogen-bond donors (Lipinski definition) is 3. The van der Waals surface area contributed by atoms with Gasteiger partial charge in [0.05, 0.1) is 34.8 Å². The van der Waals surface area contributed by atoms with Crippen LogP contribution in [0.1, 0.15) is 104 Å². The number of hydroxylamine groups is 4. The summed E-state index contributed by atoms with van der Waals surface area (Å²) in [6.07, 6.45) is 10.4. The van der Waals surface area contributed by atoms with E-state index in [4.69, 9.17) is 23.7 Å². The zero-order chi connectivity index (χ0) is 32.3. The SMILES string of the molecule is CCCOCC(CC)N(C(=O)NC1CC2(CCOCC2)N(O)C2(CCOCC2)C1)C1CC2(CCOCC2)N(O)C2(CCOCC2)C1. The van der Waals surface area contributed by atoms with Gasteiger partial charge < -0.3 is 44.3 Å². The third-order valence-corrected chi connectivity index (χ3v) is 12.5. The molecule has 0 bridgehead atoms. The van der Waals surface area contributed by atoms with Gasteiger partial charge in [-0.1, -0.05) is 13.8 Å². The van der Waals surface area contributed by atoms with E-state index in [9.17, 15) is 15.2 Å². The Morgan fingerprint density at radius 1 is 0.739 bits per heavy atom. The van der Waals surface area contributed by atoms with Crippen LogP contribution in [-0.2, 0) is 23.7 Å². The minimum absolute atomic E-state index is 0.0476. The summed E-state index contributed by atoms with van der Waals surface area (Å²) in [5, 5.41) is 30.7. The smallest absolute Gasteiger partial charge is 0.318 e. The van der Waals surface area contributed by atoms with Crippen LogP contribution in [0.25, 0.3) is 0 Å². The lowest BCUT2D eigenvalue weighted by molar-refractivity contribution is -0.299. The second-order valence-corrected chi connectivity index (χ2v) is 15.1. The third kappa shape index (κ3) is 6.72. The van der Waals surface area contributed by atoms with Crippen molar-refractivity contribution in [2.75, 3.05) is 66.1 Å². The molecule has 6 rings (SSSR count). The molecule has 6 saturated heterocycles. The number of ether oxygens (including phenoxy) is 5. The first-order valence-electron chi connectivity index (χ1n) is 18.3. The number of carbonyl (C=O) groups excluding carboxylic acids is 1. The Hall–Kier alpha value is -1.09. The Bertz CT molecular complexity index is 938. The fraction of sp³-hybridized carbons (Fsp3) is 0.971. The summed E-state index contributed by atoms with van der Waals surface area (Å²) in [5.74, 6) is 0. The van der Waals surface area contributed by atoms with Crippen molar-refractivity contribution in [2.24, 2.45) is 0 Å². The largest absolute Gasteiger partial charge is 0.381 e. The second kappa shape index (κ2) is 14.8. The van der Waals surface area contributed by atoms with E-state index in [-0.39, 0.29) is 24.2 Å². The number of piperidine rings is 2. The molecule has 6 heterocycles. The molecule has 0 aromatic heterocycles. The Balaban J connectivity index is 1.31. The number of carbonyl (C=O) groups is 1. The first-order valence-corrected chi connectivity index (χ1v) is 18.3. The van der Waals surface area contributed by atoms with Crippen molar-refractivity contribution in [1.82, 2.24) is 20.3 Å². The monoisotopic (exact) mass is 652 g/mol. The molecule has 12 nitrogen and oxygen atoms in total. The molecule has 0 saturated carbocycles. The van der Waals surface area contributed by atoms with Gasteiger partial charge in [-0.25, -0.2) is 4.79 Å². The van der Waals surface area contributed by atoms with E-state index in [1.807, 2.05) is 0 Å². The molecule has 6 aliphatic rings. The van der Waals surface area contributed by atoms with Crippen LogP contribution in [0, 0.1) is 0 Å². The molecule has 264 valence electrons. The highest BCUT2D eigenvalue weighted by atomic mass is 16.5. The highest BCUT2D eigenvalue weighted by Gasteiger charge is 2.58. The van der Waals surface area contributed by atoms with E-state index < -0.39 is 22.2 Å². The van der Waals surface area contributed by atoms with Gasteiger partial charge in [-0.05, 0) is 89.9 Å². The summed E-state index contributed by atoms with van der Waals surface area (Å²) < 4.78 is 29.3. The molecule has 6 fully saturated rings. The molecule has 12 heteroatoms. The van der Waals surface area contributed by atoms with Gasteiger partial charge in [0, 0.05) is 71.5 Å². The van der Waals surface area contributed by atoms with Crippen LogP contribution in [0.2, 0.25) is 0 Å². The van der Waals surface area contributed by atoms with Crippen molar-refractivity contribution in [3.63, 3.8) is 0 Å². The van der Waals surface area contributed by atoms with Crippen molar-refractivity contribution in [3.8, 4) is 0 Å². The minimum Gasteiger partial charge on any atom is -0.381 e. The van der Waals surface area contributed by atoms with Gasteiger partial charge in [-0.3, -0.25) is 0 Å². The Morgan fingerprint density at radius 2 is 1.13 bits per heavy atom. The van der Waals surface area contributed by atoms with Crippen LogP contribution in [0.4, 0.5) is 4.79 Å². The van der Waals surface area contributed by atoms with E-state index >= 15 is 0 Å². The maximum absolute atomic E-state index is 14.9. The van der Waals surface area contributed by atoms with E-state index in [0.717, 1.165) is 64.2 Å². The maximum Gasteiger partial charge on any atom is 0.318 e. The standard InChI is InChI=1S/C34H60N4O8/c1-3-13-46-26-28(4-2)36(29-24-33(9-18-44-19-10-33)38(41)34(25-29)11-20-45-21-12-34)30(39)35-27-22-31(5-14-42-15-6-31)37(40)32(23-27)7-16-43-17-8-32/h27-29,40-41H,3-26H2,1-2H3,(H,35,39). The number of rotatable bonds is 8. The highest BCUT2D eigenvalue weighted by molar-refractivity contribution is 5.75. The van der Waals surface area contributed by atoms with Crippen molar-refractivity contribution >= 4 is 6.03 Å². The van der Waals surface area contributed by atoms with Crippen molar-refractivity contribution in [2.45, 2.75) is 144 Å². The van der Waals surface area contributed by atoms with Gasteiger partial charge in [0.25, 0.3) is 0 Å². The molecular formula is C34H60N4O8. The van der Waals surface area contributed by atoms with E-state index in [1.54, 1.807) is 10.1 Å². The number of amides is 2. The van der Waals surface area contributed by atoms with Gasteiger partial charge in [0.1, 0.15) is 0 Å². The van der Waals surface area contributed by atoms with Crippen LogP contribution in [0.5, 0.6) is 0 Å². The number of hydrogen-bond acceptors (Lipinski definition) is 10. The first kappa shape index (κ1) is 34.8. The van der Waals surface area contributed by atoms with Gasteiger partial charge >= 0.3 is 6.03 Å². The highest BCUT2D eigenvalue weighted by Crippen LogP contribution is 2.50. The van der Waals surface area contributed by atoms with Crippen LogP contribution in [0.15, 0.2) is 0 Å². The fourth-order valence-corrected chi connectivity index (χ4v) is 9.90. The molecule has 46 heavy (non-hydrogen) atoms. The Labute approximate surface area is 275 Å². The van der Waals surface area contributed by atoms with Crippen molar-refractivity contribution < 1.29 is 38.9 Å². The Kier molecular flexibility index (Phi) is 11.2. The van der Waals surface area contributed by atoms with Crippen LogP contribution in [0.3, 0.4) is 0 Å². The van der Waals surface area contributed by atoms with Gasteiger partial charge in [-0.15, -0.1) is 0 Å². The molecule has 4 spiro atoms. The zero-order valence-corrected chi connectivity index (χ0v) is 28.4. The Morgan fingerprint density at radius 3 is 1.50 bits per heavy atom. The lowest BCUT2D eigenvalue weighted by Gasteiger charge is -2.61. The number of nitrogens with zero attached hydrogens (tertiary/aromatic N) is 3. The van der Waals surface area contributed by atoms with E-state index in [0.29, 0.717) is 91.8 Å². The topological polar surface area (TPSA) is 125 Å². The summed E-state index contributed by atoms with van der Waals surface area (Å²) >= 11 is 0. The first-order chi connectivity index (χ1) is 22.3. The lowest BCUT2D eigenvalue weighted by Crippen LogP contribution is -2.72. The van der Waals surface area contributed by atoms with Gasteiger partial charge in [0.15, 0.2) is 0 Å². The minimum atomic E-state index is -0.444. The normalized spacial score (nSPS) is 31.7. The van der Waals surface area contributed by atoms with Crippen molar-refractivity contribution in [1.29, 1.82) is 0 Å². The summed E-state index contributed by atoms with van der Waals surface area (Å²) in [6.45, 7) is 10.3. The van der Waals surface area contributed by atoms with Crippen LogP contribution < -0.4 is 5.32 Å². The predicted molar refractivity (Wildman–Crippen MR) is 170 cm³/mol. The molecular weight excluding hydrogens is 592 g/mol. The molecule has 1 unspecified atom stereocenters. The summed E-state index contributed by atoms with van der Waals surface area (Å²) in [5.41, 5.74) is -1.74. The quantitative estimate of drug-likeness (QED) is 0.330. The average molecular weight is 653 g/mol. The average Bonchev–Trinajstić information content (AvgIpc) is 3.07. The fourth-order valence-electron chi connectivity index (χ4n) is 9.90. The van der Waals surface area contributed by atoms with E-state index in [1.165, 1.54) is 0 Å². The molecule has 1 atom stereocenters. The second-order valence-electron chi connectivity index (χ2n) is 15.1. The molecule has 0 aliphatic carbocycles. The summed E-state index contributed by atoms with van der Waals surface area (Å²) in [6, 6.07) is -0.298. The van der Waals surface area contributed by atoms with Crippen molar-refractivity contribution in [3.05, 3.63) is 0 Å². The van der Waals surface area contributed by atoms with E-state index in [2.05, 4.69) is 24.1 Å². The maximum atomic E-state index is 14.9. The molecule has 2 amide bonds. The van der Waals surface area contributed by atoms with Gasteiger partial charge in [0.2, 0.25) is 0 Å². The lowest BCUT2D eigenvalue weighted by atomic mass is 9.68. The van der Waals surface area contributed by atoms with Crippen LogP contribution in [-0.4, -0.2) is 138 Å². The third-order valence-electron chi connectivity index (χ3n) is 12.5. The molecule has 0 radical (unpaired) electrons. The summed E-state index contributed by atoms with van der Waals surface area (Å²) in [4.78, 5) is 17.0. The predicted octanol–water partition coefficient (Wildman–Crippen LogP) is 4.11. The zero-order valence-electron chi connectivity index (χ0n) is 28.4.